The maximum Gasteiger partial charge on any atom is 0.322 e. The van der Waals surface area contributed by atoms with Crippen molar-refractivity contribution in [3.05, 3.63) is 45.1 Å². The van der Waals surface area contributed by atoms with Crippen molar-refractivity contribution in [2.24, 2.45) is 0 Å². The fourth-order valence-corrected chi connectivity index (χ4v) is 3.37. The third-order valence-electron chi connectivity index (χ3n) is 4.18. The molecule has 2 N–H and O–H groups in total. The van der Waals surface area contributed by atoms with Gasteiger partial charge in [0.05, 0.1) is 16.1 Å². The van der Waals surface area contributed by atoms with Crippen molar-refractivity contribution in [1.29, 1.82) is 0 Å². The first-order chi connectivity index (χ1) is 11.4. The lowest BCUT2D eigenvalue weighted by Crippen LogP contribution is -2.46. The summed E-state index contributed by atoms with van der Waals surface area (Å²) in [6.45, 7) is 4.25. The molecule has 24 heavy (non-hydrogen) atoms. The first-order valence-electron chi connectivity index (χ1n) is 7.80. The predicted octanol–water partition coefficient (Wildman–Crippen LogP) is 4.61. The van der Waals surface area contributed by atoms with Crippen LogP contribution in [0, 0.1) is 0 Å². The number of aliphatic carboxylic acids is 1. The molecular formula is C17H20Cl2N2O3. The highest BCUT2D eigenvalue weighted by atomic mass is 35.5. The minimum atomic E-state index is -0.867. The van der Waals surface area contributed by atoms with Gasteiger partial charge in [-0.25, -0.2) is 4.79 Å². The molecule has 130 valence electrons. The van der Waals surface area contributed by atoms with E-state index < -0.39 is 5.97 Å². The second kappa shape index (κ2) is 7.90. The molecule has 1 aliphatic heterocycles. The molecular weight excluding hydrogens is 351 g/mol. The van der Waals surface area contributed by atoms with Crippen molar-refractivity contribution >= 4 is 35.2 Å². The molecule has 0 saturated heterocycles. The van der Waals surface area contributed by atoms with Crippen molar-refractivity contribution in [3.8, 4) is 0 Å². The van der Waals surface area contributed by atoms with Crippen LogP contribution < -0.4 is 5.32 Å². The average molecular weight is 371 g/mol. The number of allylic oxidation sites excluding steroid dienone is 1. The van der Waals surface area contributed by atoms with Gasteiger partial charge in [0.15, 0.2) is 0 Å². The average Bonchev–Trinajstić information content (AvgIpc) is 2.52. The van der Waals surface area contributed by atoms with Gasteiger partial charge in [-0.1, -0.05) is 42.3 Å². The molecule has 1 aliphatic rings. The van der Waals surface area contributed by atoms with E-state index in [4.69, 9.17) is 28.3 Å². The van der Waals surface area contributed by atoms with E-state index >= 15 is 0 Å². The van der Waals surface area contributed by atoms with Gasteiger partial charge in [-0.05, 0) is 37.0 Å². The van der Waals surface area contributed by atoms with Gasteiger partial charge < -0.3 is 10.4 Å². The summed E-state index contributed by atoms with van der Waals surface area (Å²) in [6.07, 6.45) is 1.16. The van der Waals surface area contributed by atoms with E-state index in [2.05, 4.69) is 5.32 Å². The van der Waals surface area contributed by atoms with E-state index in [1.165, 1.54) is 0 Å². The molecule has 1 atom stereocenters. The highest BCUT2D eigenvalue weighted by Crippen LogP contribution is 2.38. The van der Waals surface area contributed by atoms with Crippen LogP contribution in [0.4, 0.5) is 4.79 Å². The number of nitrogens with one attached hydrogen (secondary N) is 1. The Balaban J connectivity index is 2.33. The largest absolute Gasteiger partial charge is 0.481 e. The van der Waals surface area contributed by atoms with Crippen LogP contribution in [0.15, 0.2) is 29.5 Å². The van der Waals surface area contributed by atoms with Gasteiger partial charge in [0.1, 0.15) is 0 Å². The van der Waals surface area contributed by atoms with Crippen LogP contribution in [0.5, 0.6) is 0 Å². The number of carboxylic acids is 1. The number of carbonyl (C=O) groups excluding carboxylic acids is 1. The zero-order valence-electron chi connectivity index (χ0n) is 13.6. The van der Waals surface area contributed by atoms with Crippen molar-refractivity contribution in [2.75, 3.05) is 6.54 Å². The van der Waals surface area contributed by atoms with Crippen molar-refractivity contribution < 1.29 is 14.7 Å². The third-order valence-corrected chi connectivity index (χ3v) is 5.01. The number of carboxylic acid groups (broad SMARTS) is 1. The van der Waals surface area contributed by atoms with Crippen molar-refractivity contribution in [1.82, 2.24) is 10.2 Å². The summed E-state index contributed by atoms with van der Waals surface area (Å²) < 4.78 is 0. The lowest BCUT2D eigenvalue weighted by atomic mass is 9.93. The summed E-state index contributed by atoms with van der Waals surface area (Å²) >= 11 is 12.4. The second-order valence-electron chi connectivity index (χ2n) is 5.64. The summed E-state index contributed by atoms with van der Waals surface area (Å²) in [5.74, 6) is -0.867. The number of amides is 2. The van der Waals surface area contributed by atoms with E-state index in [9.17, 15) is 9.59 Å². The Morgan fingerprint density at radius 3 is 2.71 bits per heavy atom. The molecule has 0 fully saturated rings. The fourth-order valence-electron chi connectivity index (χ4n) is 2.95. The van der Waals surface area contributed by atoms with Gasteiger partial charge in [0.25, 0.3) is 0 Å². The summed E-state index contributed by atoms with van der Waals surface area (Å²) in [4.78, 5) is 24.7. The van der Waals surface area contributed by atoms with Gasteiger partial charge in [-0.3, -0.25) is 9.69 Å². The Labute approximate surface area is 151 Å². The molecule has 5 nitrogen and oxygen atoms in total. The Kier molecular flexibility index (Phi) is 6.13. The van der Waals surface area contributed by atoms with E-state index in [1.807, 2.05) is 19.9 Å². The summed E-state index contributed by atoms with van der Waals surface area (Å²) in [5.41, 5.74) is 2.64. The van der Waals surface area contributed by atoms with E-state index in [0.717, 1.165) is 23.3 Å². The minimum Gasteiger partial charge on any atom is -0.481 e. The molecule has 2 rings (SSSR count). The molecule has 0 aromatic heterocycles. The molecule has 0 aliphatic carbocycles. The number of nitrogens with zero attached hydrogens (tertiary/aromatic N) is 1. The standard InChI is InChI=1S/C17H20Cl2N2O3/c1-3-11-10(2)21(9-5-8-14(22)23)17(24)20-16(11)12-6-4-7-13(18)15(12)19/h4,6-7,16H,3,5,8-9H2,1-2H3,(H,20,24)(H,22,23). The SMILES string of the molecule is CCC1=C(C)N(CCCC(=O)O)C(=O)NC1c1cccc(Cl)c1Cl. The second-order valence-corrected chi connectivity index (χ2v) is 6.42. The molecule has 1 unspecified atom stereocenters. The van der Waals surface area contributed by atoms with Crippen LogP contribution in [-0.2, 0) is 4.79 Å². The van der Waals surface area contributed by atoms with E-state index in [1.54, 1.807) is 17.0 Å². The van der Waals surface area contributed by atoms with Gasteiger partial charge in [0, 0.05) is 18.7 Å². The van der Waals surface area contributed by atoms with Gasteiger partial charge in [-0.2, -0.15) is 0 Å². The van der Waals surface area contributed by atoms with Crippen LogP contribution in [0.2, 0.25) is 10.0 Å². The number of rotatable bonds is 6. The number of benzene rings is 1. The van der Waals surface area contributed by atoms with Gasteiger partial charge in [-0.15, -0.1) is 0 Å². The Hall–Kier alpha value is -1.72. The molecule has 0 saturated carbocycles. The lowest BCUT2D eigenvalue weighted by molar-refractivity contribution is -0.137. The Bertz CT molecular complexity index is 688. The van der Waals surface area contributed by atoms with Crippen LogP contribution in [0.25, 0.3) is 0 Å². The number of hydrogen-bond donors (Lipinski definition) is 2. The highest BCUT2D eigenvalue weighted by Gasteiger charge is 2.32. The fraction of sp³-hybridized carbons (Fsp3) is 0.412. The lowest BCUT2D eigenvalue weighted by Gasteiger charge is -2.36. The van der Waals surface area contributed by atoms with Crippen LogP contribution >= 0.6 is 23.2 Å². The topological polar surface area (TPSA) is 69.6 Å². The quantitative estimate of drug-likeness (QED) is 0.767. The van der Waals surface area contributed by atoms with Crippen molar-refractivity contribution in [2.45, 2.75) is 39.2 Å². The van der Waals surface area contributed by atoms with Crippen LogP contribution in [0.3, 0.4) is 0 Å². The molecule has 1 heterocycles. The summed E-state index contributed by atoms with van der Waals surface area (Å²) in [5, 5.41) is 12.6. The number of urea groups is 1. The zero-order chi connectivity index (χ0) is 17.9. The molecule has 0 radical (unpaired) electrons. The summed E-state index contributed by atoms with van der Waals surface area (Å²) in [7, 11) is 0. The molecule has 1 aromatic carbocycles. The minimum absolute atomic E-state index is 0.0298. The molecule has 0 spiro atoms. The number of carbonyl (C=O) groups is 2. The van der Waals surface area contributed by atoms with E-state index in [0.29, 0.717) is 23.0 Å². The van der Waals surface area contributed by atoms with E-state index in [-0.39, 0.29) is 18.5 Å². The molecule has 7 heteroatoms. The maximum atomic E-state index is 12.5. The van der Waals surface area contributed by atoms with Gasteiger partial charge in [0.2, 0.25) is 0 Å². The van der Waals surface area contributed by atoms with Crippen molar-refractivity contribution in [3.63, 3.8) is 0 Å². The number of hydrogen-bond acceptors (Lipinski definition) is 2. The molecule has 0 bridgehead atoms. The zero-order valence-corrected chi connectivity index (χ0v) is 15.1. The third kappa shape index (κ3) is 3.84. The first-order valence-corrected chi connectivity index (χ1v) is 8.55. The normalized spacial score (nSPS) is 17.9. The predicted molar refractivity (Wildman–Crippen MR) is 94.3 cm³/mol. The molecule has 2 amide bonds. The van der Waals surface area contributed by atoms with Crippen LogP contribution in [0.1, 0.15) is 44.7 Å². The number of halogens is 2. The maximum absolute atomic E-state index is 12.5. The first kappa shape index (κ1) is 18.6. The monoisotopic (exact) mass is 370 g/mol. The Morgan fingerprint density at radius 2 is 2.08 bits per heavy atom. The smallest absolute Gasteiger partial charge is 0.322 e. The summed E-state index contributed by atoms with van der Waals surface area (Å²) in [6, 6.07) is 4.78. The van der Waals surface area contributed by atoms with Crippen LogP contribution in [-0.4, -0.2) is 28.6 Å². The Morgan fingerprint density at radius 1 is 1.38 bits per heavy atom. The van der Waals surface area contributed by atoms with Gasteiger partial charge >= 0.3 is 12.0 Å². The molecule has 1 aromatic rings. The highest BCUT2D eigenvalue weighted by molar-refractivity contribution is 6.42.